The van der Waals surface area contributed by atoms with Crippen molar-refractivity contribution in [3.8, 4) is 0 Å². The zero-order valence-corrected chi connectivity index (χ0v) is 16.8. The van der Waals surface area contributed by atoms with Crippen molar-refractivity contribution < 1.29 is 27.5 Å². The summed E-state index contributed by atoms with van der Waals surface area (Å²) >= 11 is 6.04. The lowest BCUT2D eigenvalue weighted by Gasteiger charge is -2.17. The molecular weight excluding hydrogens is 396 g/mol. The second kappa shape index (κ2) is 9.50. The molecular formula is C17H23ClN2O6S. The van der Waals surface area contributed by atoms with Crippen LogP contribution in [-0.2, 0) is 24.3 Å². The van der Waals surface area contributed by atoms with Crippen LogP contribution in [0.15, 0.2) is 23.1 Å². The molecule has 1 atom stereocenters. The van der Waals surface area contributed by atoms with Gasteiger partial charge in [0.25, 0.3) is 5.91 Å². The van der Waals surface area contributed by atoms with Crippen LogP contribution in [0.5, 0.6) is 0 Å². The lowest BCUT2D eigenvalue weighted by atomic mass is 10.2. The normalized spacial score (nSPS) is 16.1. The first kappa shape index (κ1) is 21.6. The number of halogens is 1. The van der Waals surface area contributed by atoms with Gasteiger partial charge in [0.15, 0.2) is 6.10 Å². The Morgan fingerprint density at radius 2 is 1.96 bits per heavy atom. The topological polar surface area (TPSA) is 102 Å². The number of ether oxygens (including phenoxy) is 2. The number of rotatable bonds is 8. The van der Waals surface area contributed by atoms with Crippen LogP contribution < -0.4 is 5.32 Å². The van der Waals surface area contributed by atoms with Crippen molar-refractivity contribution in [2.24, 2.45) is 0 Å². The average molecular weight is 419 g/mol. The molecule has 150 valence electrons. The van der Waals surface area contributed by atoms with Gasteiger partial charge in [-0.05, 0) is 38.0 Å². The molecule has 1 heterocycles. The Labute approximate surface area is 163 Å². The molecule has 0 spiro atoms. The van der Waals surface area contributed by atoms with E-state index in [1.54, 1.807) is 0 Å². The first-order chi connectivity index (χ1) is 12.8. The molecule has 0 aliphatic carbocycles. The smallest absolute Gasteiger partial charge is 0.340 e. The maximum absolute atomic E-state index is 12.7. The van der Waals surface area contributed by atoms with Crippen LogP contribution in [0.25, 0.3) is 0 Å². The van der Waals surface area contributed by atoms with Crippen LogP contribution in [-0.4, -0.2) is 64.1 Å². The van der Waals surface area contributed by atoms with Crippen molar-refractivity contribution >= 4 is 33.5 Å². The molecule has 0 saturated carbocycles. The van der Waals surface area contributed by atoms with E-state index in [1.165, 1.54) is 36.5 Å². The predicted octanol–water partition coefficient (Wildman–Crippen LogP) is 1.43. The third kappa shape index (κ3) is 5.41. The molecule has 27 heavy (non-hydrogen) atoms. The SMILES string of the molecule is COCCNC(=O)[C@@H](C)OC(=O)c1cc(S(=O)(=O)N2CCCC2)ccc1Cl. The van der Waals surface area contributed by atoms with E-state index in [4.69, 9.17) is 21.1 Å². The molecule has 0 bridgehead atoms. The molecule has 1 aromatic carbocycles. The van der Waals surface area contributed by atoms with Crippen molar-refractivity contribution in [3.05, 3.63) is 28.8 Å². The van der Waals surface area contributed by atoms with E-state index in [0.29, 0.717) is 19.7 Å². The Kier molecular flexibility index (Phi) is 7.60. The van der Waals surface area contributed by atoms with Crippen molar-refractivity contribution in [1.29, 1.82) is 0 Å². The first-order valence-corrected chi connectivity index (χ1v) is 10.4. The summed E-state index contributed by atoms with van der Waals surface area (Å²) in [6, 6.07) is 3.88. The minimum absolute atomic E-state index is 0.0297. The van der Waals surface area contributed by atoms with E-state index < -0.39 is 28.0 Å². The van der Waals surface area contributed by atoms with Gasteiger partial charge in [-0.1, -0.05) is 11.6 Å². The second-order valence-corrected chi connectivity index (χ2v) is 8.43. The third-order valence-electron chi connectivity index (χ3n) is 4.12. The highest BCUT2D eigenvalue weighted by molar-refractivity contribution is 7.89. The minimum Gasteiger partial charge on any atom is -0.449 e. The molecule has 10 heteroatoms. The number of carbonyl (C=O) groups is 2. The molecule has 0 radical (unpaired) electrons. The summed E-state index contributed by atoms with van der Waals surface area (Å²) in [5, 5.41) is 2.60. The molecule has 1 aliphatic heterocycles. The van der Waals surface area contributed by atoms with Gasteiger partial charge in [-0.25, -0.2) is 13.2 Å². The van der Waals surface area contributed by atoms with Crippen LogP contribution in [0.2, 0.25) is 5.02 Å². The van der Waals surface area contributed by atoms with E-state index in [9.17, 15) is 18.0 Å². The van der Waals surface area contributed by atoms with E-state index in [2.05, 4.69) is 5.32 Å². The van der Waals surface area contributed by atoms with Crippen LogP contribution in [0, 0.1) is 0 Å². The number of carbonyl (C=O) groups excluding carboxylic acids is 2. The van der Waals surface area contributed by atoms with E-state index in [1.807, 2.05) is 0 Å². The molecule has 2 rings (SSSR count). The van der Waals surface area contributed by atoms with Gasteiger partial charge in [0, 0.05) is 26.7 Å². The van der Waals surface area contributed by atoms with Crippen molar-refractivity contribution in [2.45, 2.75) is 30.8 Å². The molecule has 0 unspecified atom stereocenters. The summed E-state index contributed by atoms with van der Waals surface area (Å²) in [6.07, 6.45) is 0.540. The van der Waals surface area contributed by atoms with Gasteiger partial charge in [-0.15, -0.1) is 0 Å². The Balaban J connectivity index is 2.13. The van der Waals surface area contributed by atoms with Crippen LogP contribution in [0.4, 0.5) is 0 Å². The molecule has 1 fully saturated rings. The summed E-state index contributed by atoms with van der Waals surface area (Å²) in [5.41, 5.74) is -0.103. The molecule has 1 aromatic rings. The summed E-state index contributed by atoms with van der Waals surface area (Å²) < 4.78 is 36.6. The van der Waals surface area contributed by atoms with E-state index >= 15 is 0 Å². The average Bonchev–Trinajstić information content (AvgIpc) is 3.17. The maximum Gasteiger partial charge on any atom is 0.340 e. The Morgan fingerprint density at radius 1 is 1.30 bits per heavy atom. The largest absolute Gasteiger partial charge is 0.449 e. The van der Waals surface area contributed by atoms with E-state index in [-0.39, 0.29) is 22.0 Å². The first-order valence-electron chi connectivity index (χ1n) is 8.54. The summed E-state index contributed by atoms with van der Waals surface area (Å²) in [6.45, 7) is 2.92. The van der Waals surface area contributed by atoms with Gasteiger partial charge in [-0.3, -0.25) is 4.79 Å². The maximum atomic E-state index is 12.7. The summed E-state index contributed by atoms with van der Waals surface area (Å²) in [4.78, 5) is 24.3. The van der Waals surface area contributed by atoms with Crippen molar-refractivity contribution in [1.82, 2.24) is 9.62 Å². The molecule has 0 aromatic heterocycles. The molecule has 1 N–H and O–H groups in total. The van der Waals surface area contributed by atoms with Crippen LogP contribution >= 0.6 is 11.6 Å². The van der Waals surface area contributed by atoms with Crippen LogP contribution in [0.1, 0.15) is 30.1 Å². The predicted molar refractivity (Wildman–Crippen MR) is 99.2 cm³/mol. The zero-order chi connectivity index (χ0) is 20.0. The number of nitrogens with zero attached hydrogens (tertiary/aromatic N) is 1. The monoisotopic (exact) mass is 418 g/mol. The Morgan fingerprint density at radius 3 is 2.59 bits per heavy atom. The van der Waals surface area contributed by atoms with Crippen molar-refractivity contribution in [2.75, 3.05) is 33.4 Å². The number of nitrogens with one attached hydrogen (secondary N) is 1. The molecule has 8 nitrogen and oxygen atoms in total. The minimum atomic E-state index is -3.70. The zero-order valence-electron chi connectivity index (χ0n) is 15.2. The van der Waals surface area contributed by atoms with E-state index in [0.717, 1.165) is 12.8 Å². The fourth-order valence-corrected chi connectivity index (χ4v) is 4.33. The van der Waals surface area contributed by atoms with Gasteiger partial charge < -0.3 is 14.8 Å². The number of amides is 1. The third-order valence-corrected chi connectivity index (χ3v) is 6.34. The number of hydrogen-bond donors (Lipinski definition) is 1. The van der Waals surface area contributed by atoms with Gasteiger partial charge in [0.05, 0.1) is 22.1 Å². The quantitative estimate of drug-likeness (QED) is 0.506. The molecule has 1 saturated heterocycles. The summed E-state index contributed by atoms with van der Waals surface area (Å²) in [7, 11) is -2.20. The fourth-order valence-electron chi connectivity index (χ4n) is 2.60. The number of methoxy groups -OCH3 is 1. The lowest BCUT2D eigenvalue weighted by Crippen LogP contribution is -2.37. The number of esters is 1. The highest BCUT2D eigenvalue weighted by Crippen LogP contribution is 2.26. The van der Waals surface area contributed by atoms with Gasteiger partial charge in [-0.2, -0.15) is 4.31 Å². The second-order valence-electron chi connectivity index (χ2n) is 6.08. The highest BCUT2D eigenvalue weighted by Gasteiger charge is 2.29. The Bertz CT molecular complexity index is 793. The highest BCUT2D eigenvalue weighted by atomic mass is 35.5. The van der Waals surface area contributed by atoms with Crippen molar-refractivity contribution in [3.63, 3.8) is 0 Å². The molecule has 1 aliphatic rings. The fraction of sp³-hybridized carbons (Fsp3) is 0.529. The number of benzene rings is 1. The number of sulfonamides is 1. The standard InChI is InChI=1S/C17H23ClN2O6S/c1-12(16(21)19-7-10-25-2)26-17(22)14-11-13(5-6-15(14)18)27(23,24)20-8-3-4-9-20/h5-6,11-12H,3-4,7-10H2,1-2H3,(H,19,21)/t12-/m1/s1. The lowest BCUT2D eigenvalue weighted by molar-refractivity contribution is -0.129. The van der Waals surface area contributed by atoms with Gasteiger partial charge >= 0.3 is 5.97 Å². The summed E-state index contributed by atoms with van der Waals surface area (Å²) in [5.74, 6) is -1.36. The number of hydrogen-bond acceptors (Lipinski definition) is 6. The molecule has 1 amide bonds. The van der Waals surface area contributed by atoms with Gasteiger partial charge in [0.1, 0.15) is 0 Å². The van der Waals surface area contributed by atoms with Gasteiger partial charge in [0.2, 0.25) is 10.0 Å². The van der Waals surface area contributed by atoms with Crippen LogP contribution in [0.3, 0.4) is 0 Å². The Hall–Kier alpha value is -1.68.